The standard InChI is InChI=1S/C16H32N4O2/c1-4-5-6-7-8-9-10-15(18-19-17)11-12-16(21)22-14-13-20(2)3/h15H,4-14H2,1-3H3. The third-order valence-electron chi connectivity index (χ3n) is 3.59. The van der Waals surface area contributed by atoms with Crippen LogP contribution in [0, 0.1) is 0 Å². The third-order valence-corrected chi connectivity index (χ3v) is 3.59. The second-order valence-electron chi connectivity index (χ2n) is 5.98. The molecule has 1 atom stereocenters. The van der Waals surface area contributed by atoms with Crippen LogP contribution in [-0.2, 0) is 9.53 Å². The number of azide groups is 1. The van der Waals surface area contributed by atoms with Crippen LogP contribution in [0.4, 0.5) is 0 Å². The molecule has 0 N–H and O–H groups in total. The van der Waals surface area contributed by atoms with E-state index in [-0.39, 0.29) is 12.0 Å². The van der Waals surface area contributed by atoms with E-state index in [4.69, 9.17) is 10.3 Å². The Morgan fingerprint density at radius 1 is 1.18 bits per heavy atom. The van der Waals surface area contributed by atoms with E-state index >= 15 is 0 Å². The zero-order chi connectivity index (χ0) is 16.6. The van der Waals surface area contributed by atoms with E-state index in [0.29, 0.717) is 19.4 Å². The number of unbranched alkanes of at least 4 members (excludes halogenated alkanes) is 5. The molecule has 0 spiro atoms. The molecular weight excluding hydrogens is 280 g/mol. The number of esters is 1. The molecule has 6 nitrogen and oxygen atoms in total. The van der Waals surface area contributed by atoms with Crippen molar-refractivity contribution < 1.29 is 9.53 Å². The molecule has 0 aromatic heterocycles. The summed E-state index contributed by atoms with van der Waals surface area (Å²) in [5.41, 5.74) is 8.61. The molecule has 128 valence electrons. The van der Waals surface area contributed by atoms with E-state index in [9.17, 15) is 4.79 Å². The van der Waals surface area contributed by atoms with Gasteiger partial charge in [-0.3, -0.25) is 4.79 Å². The number of carbonyl (C=O) groups is 1. The minimum atomic E-state index is -0.206. The summed E-state index contributed by atoms with van der Waals surface area (Å²) in [6, 6.07) is -0.0856. The van der Waals surface area contributed by atoms with Crippen molar-refractivity contribution in [3.8, 4) is 0 Å². The lowest BCUT2D eigenvalue weighted by molar-refractivity contribution is -0.144. The van der Waals surface area contributed by atoms with Gasteiger partial charge in [0.25, 0.3) is 0 Å². The summed E-state index contributed by atoms with van der Waals surface area (Å²) in [5, 5.41) is 3.80. The molecule has 1 unspecified atom stereocenters. The van der Waals surface area contributed by atoms with Crippen molar-refractivity contribution in [2.75, 3.05) is 27.2 Å². The van der Waals surface area contributed by atoms with Crippen molar-refractivity contribution in [1.29, 1.82) is 0 Å². The van der Waals surface area contributed by atoms with E-state index in [0.717, 1.165) is 19.4 Å². The van der Waals surface area contributed by atoms with Crippen molar-refractivity contribution >= 4 is 5.97 Å². The Hall–Kier alpha value is -1.26. The molecule has 0 rings (SSSR count). The lowest BCUT2D eigenvalue weighted by atomic mass is 10.0. The predicted octanol–water partition coefficient (Wildman–Crippen LogP) is 4.30. The second kappa shape index (κ2) is 14.7. The Bertz CT molecular complexity index is 328. The van der Waals surface area contributed by atoms with E-state index in [2.05, 4.69) is 16.9 Å². The summed E-state index contributed by atoms with van der Waals surface area (Å²) in [6.45, 7) is 3.34. The molecule has 0 saturated heterocycles. The van der Waals surface area contributed by atoms with E-state index in [1.807, 2.05) is 19.0 Å². The van der Waals surface area contributed by atoms with Gasteiger partial charge >= 0.3 is 5.97 Å². The maximum atomic E-state index is 11.6. The van der Waals surface area contributed by atoms with Gasteiger partial charge in [0.1, 0.15) is 6.61 Å². The smallest absolute Gasteiger partial charge is 0.305 e. The zero-order valence-electron chi connectivity index (χ0n) is 14.5. The first-order chi connectivity index (χ1) is 10.6. The van der Waals surface area contributed by atoms with Crippen LogP contribution in [0.5, 0.6) is 0 Å². The highest BCUT2D eigenvalue weighted by molar-refractivity contribution is 5.69. The Kier molecular flexibility index (Phi) is 13.8. The average molecular weight is 312 g/mol. The number of hydrogen-bond acceptors (Lipinski definition) is 4. The maximum Gasteiger partial charge on any atom is 0.305 e. The van der Waals surface area contributed by atoms with Crippen LogP contribution in [0.3, 0.4) is 0 Å². The highest BCUT2D eigenvalue weighted by Crippen LogP contribution is 2.14. The van der Waals surface area contributed by atoms with Gasteiger partial charge in [-0.15, -0.1) is 0 Å². The van der Waals surface area contributed by atoms with Crippen molar-refractivity contribution in [2.45, 2.75) is 70.8 Å². The van der Waals surface area contributed by atoms with Gasteiger partial charge < -0.3 is 9.64 Å². The fourth-order valence-electron chi connectivity index (χ4n) is 2.19. The first-order valence-electron chi connectivity index (χ1n) is 8.44. The molecule has 0 aromatic rings. The van der Waals surface area contributed by atoms with Crippen LogP contribution in [-0.4, -0.2) is 44.2 Å². The van der Waals surface area contributed by atoms with Crippen LogP contribution < -0.4 is 0 Å². The van der Waals surface area contributed by atoms with Gasteiger partial charge in [0.15, 0.2) is 0 Å². The van der Waals surface area contributed by atoms with Gasteiger partial charge in [0.2, 0.25) is 0 Å². The number of nitrogens with zero attached hydrogens (tertiary/aromatic N) is 4. The Morgan fingerprint density at radius 2 is 1.86 bits per heavy atom. The lowest BCUT2D eigenvalue weighted by Crippen LogP contribution is -2.20. The maximum absolute atomic E-state index is 11.6. The molecular formula is C16H32N4O2. The molecule has 22 heavy (non-hydrogen) atoms. The van der Waals surface area contributed by atoms with Crippen molar-refractivity contribution in [2.24, 2.45) is 5.11 Å². The molecule has 6 heteroatoms. The van der Waals surface area contributed by atoms with Crippen LogP contribution in [0.2, 0.25) is 0 Å². The molecule has 0 aromatic carbocycles. The second-order valence-corrected chi connectivity index (χ2v) is 5.98. The van der Waals surface area contributed by atoms with Crippen molar-refractivity contribution in [3.05, 3.63) is 10.4 Å². The first-order valence-corrected chi connectivity index (χ1v) is 8.44. The van der Waals surface area contributed by atoms with Gasteiger partial charge in [-0.2, -0.15) is 0 Å². The molecule has 0 aliphatic carbocycles. The van der Waals surface area contributed by atoms with Crippen LogP contribution in [0.15, 0.2) is 5.11 Å². The third kappa shape index (κ3) is 13.7. The summed E-state index contributed by atoms with van der Waals surface area (Å²) in [7, 11) is 3.87. The van der Waals surface area contributed by atoms with Crippen molar-refractivity contribution in [1.82, 2.24) is 4.90 Å². The first kappa shape index (κ1) is 20.7. The highest BCUT2D eigenvalue weighted by Gasteiger charge is 2.10. The Morgan fingerprint density at radius 3 is 2.50 bits per heavy atom. The largest absolute Gasteiger partial charge is 0.464 e. The summed E-state index contributed by atoms with van der Waals surface area (Å²) in [4.78, 5) is 16.5. The van der Waals surface area contributed by atoms with Crippen LogP contribution >= 0.6 is 0 Å². The minimum Gasteiger partial charge on any atom is -0.464 e. The van der Waals surface area contributed by atoms with E-state index in [1.165, 1.54) is 32.1 Å². The Balaban J connectivity index is 3.79. The summed E-state index contributed by atoms with van der Waals surface area (Å²) in [5.74, 6) is -0.206. The quantitative estimate of drug-likeness (QED) is 0.158. The number of carbonyl (C=O) groups excluding carboxylic acids is 1. The van der Waals surface area contributed by atoms with Crippen LogP contribution in [0.1, 0.15) is 64.7 Å². The number of likely N-dealkylation sites (N-methyl/N-ethyl adjacent to an activating group) is 1. The van der Waals surface area contributed by atoms with E-state index < -0.39 is 0 Å². The fourth-order valence-corrected chi connectivity index (χ4v) is 2.19. The molecule has 0 saturated carbocycles. The van der Waals surface area contributed by atoms with Gasteiger partial charge in [-0.05, 0) is 32.5 Å². The summed E-state index contributed by atoms with van der Waals surface area (Å²) >= 11 is 0. The normalized spacial score (nSPS) is 12.0. The average Bonchev–Trinajstić information content (AvgIpc) is 2.47. The Labute approximate surface area is 134 Å². The summed E-state index contributed by atoms with van der Waals surface area (Å²) < 4.78 is 5.14. The highest BCUT2D eigenvalue weighted by atomic mass is 16.5. The minimum absolute atomic E-state index is 0.0856. The number of rotatable bonds is 14. The molecule has 0 radical (unpaired) electrons. The van der Waals surface area contributed by atoms with Gasteiger partial charge in [-0.1, -0.05) is 50.6 Å². The van der Waals surface area contributed by atoms with Gasteiger partial charge in [0, 0.05) is 23.9 Å². The monoisotopic (exact) mass is 312 g/mol. The predicted molar refractivity (Wildman–Crippen MR) is 89.7 cm³/mol. The van der Waals surface area contributed by atoms with Gasteiger partial charge in [-0.25, -0.2) is 0 Å². The molecule has 0 fully saturated rings. The molecule has 0 amide bonds. The zero-order valence-corrected chi connectivity index (χ0v) is 14.5. The topological polar surface area (TPSA) is 78.3 Å². The fraction of sp³-hybridized carbons (Fsp3) is 0.938. The molecule has 0 aliphatic rings. The lowest BCUT2D eigenvalue weighted by Gasteiger charge is -2.12. The van der Waals surface area contributed by atoms with Crippen LogP contribution in [0.25, 0.3) is 10.4 Å². The summed E-state index contributed by atoms with van der Waals surface area (Å²) in [6.07, 6.45) is 9.06. The van der Waals surface area contributed by atoms with E-state index in [1.54, 1.807) is 0 Å². The molecule has 0 heterocycles. The SMILES string of the molecule is CCCCCCCCC(CCC(=O)OCCN(C)C)N=[N+]=[N-]. The number of hydrogen-bond donors (Lipinski definition) is 0. The van der Waals surface area contributed by atoms with Gasteiger partial charge in [0.05, 0.1) is 0 Å². The van der Waals surface area contributed by atoms with Crippen molar-refractivity contribution in [3.63, 3.8) is 0 Å². The molecule has 0 aliphatic heterocycles. The molecule has 0 bridgehead atoms. The number of ether oxygens (including phenoxy) is 1.